The molecule has 2 aromatic carbocycles. The largest absolute Gasteiger partial charge is 0.492 e. The molecular formula is C23H20FN3O3S2. The number of ether oxygens (including phenoxy) is 1. The van der Waals surface area contributed by atoms with Crippen molar-refractivity contribution in [2.24, 2.45) is 0 Å². The van der Waals surface area contributed by atoms with Gasteiger partial charge in [-0.3, -0.25) is 9.59 Å². The molecule has 0 radical (unpaired) electrons. The van der Waals surface area contributed by atoms with Crippen LogP contribution in [0, 0.1) is 5.82 Å². The molecular weight excluding hydrogens is 449 g/mol. The van der Waals surface area contributed by atoms with Gasteiger partial charge in [0.1, 0.15) is 16.4 Å². The van der Waals surface area contributed by atoms with Crippen LogP contribution < -0.4 is 15.6 Å². The summed E-state index contributed by atoms with van der Waals surface area (Å²) in [5, 5.41) is 4.99. The lowest BCUT2D eigenvalue weighted by Gasteiger charge is -2.14. The monoisotopic (exact) mass is 469 g/mol. The van der Waals surface area contributed by atoms with E-state index in [-0.39, 0.29) is 17.3 Å². The van der Waals surface area contributed by atoms with Crippen molar-refractivity contribution in [1.29, 1.82) is 0 Å². The lowest BCUT2D eigenvalue weighted by atomic mass is 10.1. The number of hydrogen-bond donors (Lipinski definition) is 2. The van der Waals surface area contributed by atoms with Gasteiger partial charge in [-0.25, -0.2) is 9.37 Å². The highest BCUT2D eigenvalue weighted by atomic mass is 32.2. The van der Waals surface area contributed by atoms with Crippen molar-refractivity contribution < 1.29 is 13.9 Å². The van der Waals surface area contributed by atoms with Crippen molar-refractivity contribution in [2.75, 3.05) is 11.9 Å². The van der Waals surface area contributed by atoms with Crippen LogP contribution in [0.1, 0.15) is 13.8 Å². The molecule has 0 aliphatic rings. The van der Waals surface area contributed by atoms with Gasteiger partial charge in [0.2, 0.25) is 5.91 Å². The summed E-state index contributed by atoms with van der Waals surface area (Å²) in [5.41, 5.74) is 1.73. The van der Waals surface area contributed by atoms with E-state index < -0.39 is 5.25 Å². The number of H-pyrrole nitrogens is 1. The molecule has 6 nitrogen and oxygen atoms in total. The standard InChI is InChI=1S/C23H20FN3O3S2/c1-3-30-18-7-5-4-6-17(18)25-20(28)13(2)32-23-26-21(29)19-16(12-31-22(19)27-23)14-8-10-15(24)11-9-14/h4-13H,3H2,1-2H3,(H,25,28)(H,26,27,29). The smallest absolute Gasteiger partial charge is 0.260 e. The second-order valence-electron chi connectivity index (χ2n) is 6.89. The van der Waals surface area contributed by atoms with Crippen LogP contribution in [0.3, 0.4) is 0 Å². The summed E-state index contributed by atoms with van der Waals surface area (Å²) < 4.78 is 18.8. The van der Waals surface area contributed by atoms with Crippen LogP contribution >= 0.6 is 23.1 Å². The molecule has 164 valence electrons. The molecule has 0 aliphatic heterocycles. The molecule has 9 heteroatoms. The van der Waals surface area contributed by atoms with E-state index in [9.17, 15) is 14.0 Å². The number of thioether (sulfide) groups is 1. The topological polar surface area (TPSA) is 84.1 Å². The maximum atomic E-state index is 13.2. The minimum Gasteiger partial charge on any atom is -0.492 e. The molecule has 4 aromatic rings. The van der Waals surface area contributed by atoms with E-state index in [0.29, 0.717) is 39.0 Å². The fourth-order valence-corrected chi connectivity index (χ4v) is 4.94. The summed E-state index contributed by atoms with van der Waals surface area (Å²) in [7, 11) is 0. The summed E-state index contributed by atoms with van der Waals surface area (Å²) in [6, 6.07) is 13.2. The van der Waals surface area contributed by atoms with Gasteiger partial charge in [-0.05, 0) is 43.7 Å². The molecule has 1 unspecified atom stereocenters. The van der Waals surface area contributed by atoms with E-state index in [1.165, 1.54) is 23.5 Å². The summed E-state index contributed by atoms with van der Waals surface area (Å²) >= 11 is 2.50. The lowest BCUT2D eigenvalue weighted by Crippen LogP contribution is -2.23. The van der Waals surface area contributed by atoms with Gasteiger partial charge in [-0.15, -0.1) is 11.3 Å². The Morgan fingerprint density at radius 3 is 2.75 bits per heavy atom. The Kier molecular flexibility index (Phi) is 6.57. The van der Waals surface area contributed by atoms with Gasteiger partial charge in [0, 0.05) is 10.9 Å². The normalized spacial score (nSPS) is 12.0. The van der Waals surface area contributed by atoms with Gasteiger partial charge in [-0.2, -0.15) is 0 Å². The number of aromatic nitrogens is 2. The lowest BCUT2D eigenvalue weighted by molar-refractivity contribution is -0.115. The zero-order valence-electron chi connectivity index (χ0n) is 17.3. The van der Waals surface area contributed by atoms with Crippen molar-refractivity contribution >= 4 is 44.9 Å². The number of halogens is 1. The van der Waals surface area contributed by atoms with Gasteiger partial charge >= 0.3 is 0 Å². The fraction of sp³-hybridized carbons (Fsp3) is 0.174. The van der Waals surface area contributed by atoms with Gasteiger partial charge in [0.05, 0.1) is 22.9 Å². The third-order valence-corrected chi connectivity index (χ3v) is 6.54. The van der Waals surface area contributed by atoms with Crippen LogP contribution in [0.25, 0.3) is 21.3 Å². The van der Waals surface area contributed by atoms with Crippen molar-refractivity contribution in [2.45, 2.75) is 24.3 Å². The first-order valence-corrected chi connectivity index (χ1v) is 11.7. The second kappa shape index (κ2) is 9.54. The first-order chi connectivity index (χ1) is 15.5. The van der Waals surface area contributed by atoms with Gasteiger partial charge in [0.25, 0.3) is 5.56 Å². The molecule has 2 N–H and O–H groups in total. The molecule has 0 saturated heterocycles. The maximum Gasteiger partial charge on any atom is 0.260 e. The first kappa shape index (κ1) is 22.0. The molecule has 4 rings (SSSR count). The number of carbonyl (C=O) groups is 1. The molecule has 1 atom stereocenters. The number of rotatable bonds is 7. The number of anilines is 1. The van der Waals surface area contributed by atoms with E-state index in [1.54, 1.807) is 31.2 Å². The van der Waals surface area contributed by atoms with Crippen molar-refractivity contribution in [3.8, 4) is 16.9 Å². The van der Waals surface area contributed by atoms with Gasteiger partial charge < -0.3 is 15.0 Å². The predicted octanol–water partition coefficient (Wildman–Crippen LogP) is 5.31. The molecule has 2 heterocycles. The van der Waals surface area contributed by atoms with E-state index in [4.69, 9.17) is 4.74 Å². The van der Waals surface area contributed by atoms with Crippen LogP contribution in [-0.2, 0) is 4.79 Å². The number of para-hydroxylation sites is 2. The number of aromatic amines is 1. The number of benzene rings is 2. The Bertz CT molecular complexity index is 1320. The van der Waals surface area contributed by atoms with Crippen LogP contribution in [0.5, 0.6) is 5.75 Å². The van der Waals surface area contributed by atoms with Gasteiger partial charge in [0.15, 0.2) is 5.16 Å². The Balaban J connectivity index is 1.54. The van der Waals surface area contributed by atoms with Crippen molar-refractivity contribution in [3.05, 3.63) is 70.1 Å². The molecule has 2 aromatic heterocycles. The number of thiophene rings is 1. The predicted molar refractivity (Wildman–Crippen MR) is 127 cm³/mol. The van der Waals surface area contributed by atoms with Crippen molar-refractivity contribution in [3.63, 3.8) is 0 Å². The van der Waals surface area contributed by atoms with Crippen LogP contribution in [0.15, 0.2) is 63.9 Å². The zero-order valence-corrected chi connectivity index (χ0v) is 19.0. The number of amides is 1. The number of carbonyl (C=O) groups excluding carboxylic acids is 1. The second-order valence-corrected chi connectivity index (χ2v) is 9.07. The van der Waals surface area contributed by atoms with Gasteiger partial charge in [-0.1, -0.05) is 36.0 Å². The number of hydrogen-bond acceptors (Lipinski definition) is 6. The van der Waals surface area contributed by atoms with E-state index >= 15 is 0 Å². The number of nitrogens with zero attached hydrogens (tertiary/aromatic N) is 1. The minimum atomic E-state index is -0.512. The summed E-state index contributed by atoms with van der Waals surface area (Å²) in [4.78, 5) is 33.3. The van der Waals surface area contributed by atoms with E-state index in [0.717, 1.165) is 17.3 Å². The highest BCUT2D eigenvalue weighted by molar-refractivity contribution is 8.00. The minimum absolute atomic E-state index is 0.233. The van der Waals surface area contributed by atoms with Crippen molar-refractivity contribution in [1.82, 2.24) is 9.97 Å². The zero-order chi connectivity index (χ0) is 22.7. The SMILES string of the molecule is CCOc1ccccc1NC(=O)C(C)Sc1nc2scc(-c3ccc(F)cc3)c2c(=O)[nH]1. The maximum absolute atomic E-state index is 13.2. The fourth-order valence-electron chi connectivity index (χ4n) is 3.13. The average Bonchev–Trinajstić information content (AvgIpc) is 3.20. The van der Waals surface area contributed by atoms with Crippen LogP contribution in [0.4, 0.5) is 10.1 Å². The summed E-state index contributed by atoms with van der Waals surface area (Å²) in [5.74, 6) is 0.0265. The number of nitrogens with one attached hydrogen (secondary N) is 2. The molecule has 32 heavy (non-hydrogen) atoms. The Hall–Kier alpha value is -3.17. The van der Waals surface area contributed by atoms with Crippen LogP contribution in [-0.4, -0.2) is 27.7 Å². The summed E-state index contributed by atoms with van der Waals surface area (Å²) in [6.07, 6.45) is 0. The molecule has 1 amide bonds. The third-order valence-electron chi connectivity index (χ3n) is 4.68. The molecule has 0 fully saturated rings. The molecule has 0 aliphatic carbocycles. The highest BCUT2D eigenvalue weighted by Gasteiger charge is 2.19. The first-order valence-electron chi connectivity index (χ1n) is 9.93. The Labute approximate surface area is 191 Å². The molecule has 0 saturated carbocycles. The average molecular weight is 470 g/mol. The highest BCUT2D eigenvalue weighted by Crippen LogP contribution is 2.32. The Morgan fingerprint density at radius 2 is 2.00 bits per heavy atom. The Morgan fingerprint density at radius 1 is 1.25 bits per heavy atom. The van der Waals surface area contributed by atoms with E-state index in [2.05, 4.69) is 15.3 Å². The van der Waals surface area contributed by atoms with E-state index in [1.807, 2.05) is 24.4 Å². The molecule has 0 bridgehead atoms. The number of fused-ring (bicyclic) bond motifs is 1. The summed E-state index contributed by atoms with van der Waals surface area (Å²) in [6.45, 7) is 4.11. The third kappa shape index (κ3) is 4.68. The van der Waals surface area contributed by atoms with Crippen LogP contribution in [0.2, 0.25) is 0 Å². The quantitative estimate of drug-likeness (QED) is 0.283. The molecule has 0 spiro atoms.